The van der Waals surface area contributed by atoms with Gasteiger partial charge in [0.15, 0.2) is 0 Å². The van der Waals surface area contributed by atoms with Gasteiger partial charge in [0.05, 0.1) is 23.1 Å². The van der Waals surface area contributed by atoms with Crippen molar-refractivity contribution < 1.29 is 19.9 Å². The molecule has 0 bridgehead atoms. The number of hydrogen-bond donors (Lipinski definition) is 3. The Morgan fingerprint density at radius 1 is 1.61 bits per heavy atom. The second-order valence-electron chi connectivity index (χ2n) is 3.84. The van der Waals surface area contributed by atoms with E-state index in [2.05, 4.69) is 4.98 Å². The molecule has 18 heavy (non-hydrogen) atoms. The average Bonchev–Trinajstić information content (AvgIpc) is 2.26. The van der Waals surface area contributed by atoms with Gasteiger partial charge in [0.1, 0.15) is 12.3 Å². The quantitative estimate of drug-likeness (QED) is 0.481. The number of nitro groups is 1. The van der Waals surface area contributed by atoms with Crippen molar-refractivity contribution in [2.24, 2.45) is 5.73 Å². The van der Waals surface area contributed by atoms with Gasteiger partial charge in [0, 0.05) is 5.56 Å². The predicted octanol–water partition coefficient (Wildman–Crippen LogP) is -0.432. The first-order valence-corrected chi connectivity index (χ1v) is 5.08. The lowest BCUT2D eigenvalue weighted by Gasteiger charge is -2.16. The van der Waals surface area contributed by atoms with Crippen LogP contribution < -0.4 is 5.73 Å². The molecule has 0 saturated carbocycles. The summed E-state index contributed by atoms with van der Waals surface area (Å²) in [4.78, 5) is 24.3. The Kier molecular flexibility index (Phi) is 4.29. The standard InChI is InChI=1S/C10H13N3O5/c1-5-2-6(12-4-7(5)13(17)18)10(16)8(14)3-9(11)15/h2,4,8,10,14,16H,3H2,1H3,(H2,11,15). The SMILES string of the molecule is Cc1cc(C(O)C(O)CC(N)=O)ncc1[N+](=O)[O-]. The Morgan fingerprint density at radius 3 is 2.67 bits per heavy atom. The molecule has 0 fully saturated rings. The molecule has 0 aromatic carbocycles. The van der Waals surface area contributed by atoms with Gasteiger partial charge in [-0.2, -0.15) is 0 Å². The van der Waals surface area contributed by atoms with Gasteiger partial charge >= 0.3 is 0 Å². The van der Waals surface area contributed by atoms with Crippen molar-refractivity contribution in [3.05, 3.63) is 33.6 Å². The summed E-state index contributed by atoms with van der Waals surface area (Å²) in [6.45, 7) is 1.48. The van der Waals surface area contributed by atoms with Crippen molar-refractivity contribution in [2.45, 2.75) is 25.6 Å². The number of rotatable bonds is 5. The number of primary amides is 1. The number of aryl methyl sites for hydroxylation is 1. The molecule has 0 aliphatic heterocycles. The smallest absolute Gasteiger partial charge is 0.290 e. The monoisotopic (exact) mass is 255 g/mol. The highest BCUT2D eigenvalue weighted by atomic mass is 16.6. The summed E-state index contributed by atoms with van der Waals surface area (Å²) in [6, 6.07) is 1.28. The van der Waals surface area contributed by atoms with E-state index in [1.807, 2.05) is 0 Å². The third kappa shape index (κ3) is 3.22. The number of amides is 1. The van der Waals surface area contributed by atoms with Crippen LogP contribution in [-0.2, 0) is 4.79 Å². The first-order chi connectivity index (χ1) is 8.32. The molecule has 2 unspecified atom stereocenters. The van der Waals surface area contributed by atoms with Gasteiger partial charge in [-0.1, -0.05) is 0 Å². The molecule has 1 aromatic heterocycles. The van der Waals surface area contributed by atoms with E-state index in [0.717, 1.165) is 6.20 Å². The lowest BCUT2D eigenvalue weighted by molar-refractivity contribution is -0.385. The Bertz CT molecular complexity index is 477. The number of nitrogens with two attached hydrogens (primary N) is 1. The van der Waals surface area contributed by atoms with Crippen molar-refractivity contribution in [3.8, 4) is 0 Å². The molecule has 0 spiro atoms. The van der Waals surface area contributed by atoms with E-state index in [1.165, 1.54) is 13.0 Å². The molecule has 0 aliphatic rings. The molecule has 8 nitrogen and oxygen atoms in total. The first-order valence-electron chi connectivity index (χ1n) is 5.08. The van der Waals surface area contributed by atoms with Gasteiger partial charge in [-0.3, -0.25) is 19.9 Å². The summed E-state index contributed by atoms with van der Waals surface area (Å²) in [7, 11) is 0. The molecule has 1 aromatic rings. The zero-order valence-corrected chi connectivity index (χ0v) is 9.61. The van der Waals surface area contributed by atoms with Crippen LogP contribution in [0.5, 0.6) is 0 Å². The lowest BCUT2D eigenvalue weighted by Crippen LogP contribution is -2.26. The Morgan fingerprint density at radius 2 is 2.22 bits per heavy atom. The molecule has 98 valence electrons. The van der Waals surface area contributed by atoms with E-state index >= 15 is 0 Å². The molecule has 0 saturated heterocycles. The lowest BCUT2D eigenvalue weighted by atomic mass is 10.1. The van der Waals surface area contributed by atoms with Gasteiger partial charge < -0.3 is 15.9 Å². The minimum Gasteiger partial charge on any atom is -0.389 e. The highest BCUT2D eigenvalue weighted by Crippen LogP contribution is 2.22. The summed E-state index contributed by atoms with van der Waals surface area (Å²) in [5.41, 5.74) is 5.05. The van der Waals surface area contributed by atoms with Crippen LogP contribution in [0.25, 0.3) is 0 Å². The first kappa shape index (κ1) is 14.0. The second-order valence-corrected chi connectivity index (χ2v) is 3.84. The van der Waals surface area contributed by atoms with E-state index < -0.39 is 29.5 Å². The zero-order chi connectivity index (χ0) is 13.9. The maximum absolute atomic E-state index is 10.6. The topological polar surface area (TPSA) is 140 Å². The van der Waals surface area contributed by atoms with E-state index in [0.29, 0.717) is 5.56 Å². The van der Waals surface area contributed by atoms with E-state index in [4.69, 9.17) is 5.73 Å². The van der Waals surface area contributed by atoms with Crippen molar-refractivity contribution >= 4 is 11.6 Å². The van der Waals surface area contributed by atoms with E-state index in [9.17, 15) is 25.1 Å². The number of aliphatic hydroxyl groups is 2. The molecular weight excluding hydrogens is 242 g/mol. The van der Waals surface area contributed by atoms with Crippen molar-refractivity contribution in [1.29, 1.82) is 0 Å². The Balaban J connectivity index is 2.93. The molecule has 8 heteroatoms. The minimum atomic E-state index is -1.42. The number of hydrogen-bond acceptors (Lipinski definition) is 6. The highest BCUT2D eigenvalue weighted by molar-refractivity contribution is 5.74. The summed E-state index contributed by atoms with van der Waals surface area (Å²) < 4.78 is 0. The van der Waals surface area contributed by atoms with Gasteiger partial charge in [0.25, 0.3) is 5.69 Å². The van der Waals surface area contributed by atoms with Crippen LogP contribution in [0.3, 0.4) is 0 Å². The van der Waals surface area contributed by atoms with Crippen LogP contribution in [0.2, 0.25) is 0 Å². The normalized spacial score (nSPS) is 13.9. The third-order valence-electron chi connectivity index (χ3n) is 2.38. The minimum absolute atomic E-state index is 0.0480. The van der Waals surface area contributed by atoms with Gasteiger partial charge in [-0.25, -0.2) is 0 Å². The molecule has 0 aliphatic carbocycles. The largest absolute Gasteiger partial charge is 0.389 e. The van der Waals surface area contributed by atoms with Crippen LogP contribution in [0.4, 0.5) is 5.69 Å². The maximum Gasteiger partial charge on any atom is 0.290 e. The summed E-state index contributed by atoms with van der Waals surface area (Å²) in [5.74, 6) is -0.764. The van der Waals surface area contributed by atoms with Crippen molar-refractivity contribution in [2.75, 3.05) is 0 Å². The van der Waals surface area contributed by atoms with Crippen molar-refractivity contribution in [1.82, 2.24) is 4.98 Å². The summed E-state index contributed by atoms with van der Waals surface area (Å²) in [6.07, 6.45) is -2.24. The molecule has 1 heterocycles. The van der Waals surface area contributed by atoms with Crippen LogP contribution in [0.15, 0.2) is 12.3 Å². The third-order valence-corrected chi connectivity index (χ3v) is 2.38. The van der Waals surface area contributed by atoms with Crippen molar-refractivity contribution in [3.63, 3.8) is 0 Å². The number of carbonyl (C=O) groups excluding carboxylic acids is 1. The van der Waals surface area contributed by atoms with Gasteiger partial charge in [-0.15, -0.1) is 0 Å². The van der Waals surface area contributed by atoms with E-state index in [-0.39, 0.29) is 11.4 Å². The summed E-state index contributed by atoms with van der Waals surface area (Å²) >= 11 is 0. The predicted molar refractivity (Wildman–Crippen MR) is 60.4 cm³/mol. The van der Waals surface area contributed by atoms with E-state index in [1.54, 1.807) is 0 Å². The fraction of sp³-hybridized carbons (Fsp3) is 0.400. The number of pyridine rings is 1. The van der Waals surface area contributed by atoms with Crippen LogP contribution >= 0.6 is 0 Å². The fourth-order valence-corrected chi connectivity index (χ4v) is 1.44. The Hall–Kier alpha value is -2.06. The number of aromatic nitrogens is 1. The highest BCUT2D eigenvalue weighted by Gasteiger charge is 2.23. The zero-order valence-electron chi connectivity index (χ0n) is 9.61. The maximum atomic E-state index is 10.6. The van der Waals surface area contributed by atoms with Crippen LogP contribution in [0.1, 0.15) is 23.8 Å². The summed E-state index contributed by atoms with van der Waals surface area (Å²) in [5, 5.41) is 29.8. The van der Waals surface area contributed by atoms with Crippen LogP contribution in [0, 0.1) is 17.0 Å². The molecule has 0 radical (unpaired) electrons. The molecule has 4 N–H and O–H groups in total. The molecule has 1 rings (SSSR count). The molecule has 2 atom stereocenters. The molecule has 1 amide bonds. The number of nitrogens with zero attached hydrogens (tertiary/aromatic N) is 2. The average molecular weight is 255 g/mol. The van der Waals surface area contributed by atoms with Gasteiger partial charge in [0.2, 0.25) is 5.91 Å². The Labute approximate surface area is 102 Å². The number of aliphatic hydroxyl groups excluding tert-OH is 2. The van der Waals surface area contributed by atoms with Gasteiger partial charge in [-0.05, 0) is 13.0 Å². The molecular formula is C10H13N3O5. The fourth-order valence-electron chi connectivity index (χ4n) is 1.44. The van der Waals surface area contributed by atoms with Crippen LogP contribution in [-0.4, -0.2) is 32.1 Å². The number of carbonyl (C=O) groups is 1. The second kappa shape index (κ2) is 5.52.